The average Bonchev–Trinajstić information content (AvgIpc) is 3.44. The minimum absolute atomic E-state index is 0.0975. The molecule has 1 heterocycles. The van der Waals surface area contributed by atoms with Crippen LogP contribution in [0.4, 0.5) is 4.79 Å². The maximum atomic E-state index is 13.2. The number of rotatable bonds is 7. The molecule has 1 aliphatic carbocycles. The molecule has 0 saturated heterocycles. The number of carbonyl (C=O) groups excluding carboxylic acids is 3. The number of aromatic nitrogens is 1. The van der Waals surface area contributed by atoms with E-state index in [1.54, 1.807) is 27.0 Å². The molecule has 1 aliphatic rings. The van der Waals surface area contributed by atoms with Gasteiger partial charge in [0, 0.05) is 29.4 Å². The fraction of sp³-hybridized carbons (Fsp3) is 0.258. The fourth-order valence-corrected chi connectivity index (χ4v) is 4.98. The van der Waals surface area contributed by atoms with Crippen molar-refractivity contribution in [1.82, 2.24) is 10.3 Å². The van der Waals surface area contributed by atoms with Crippen LogP contribution in [-0.4, -0.2) is 41.1 Å². The molecule has 7 nitrogen and oxygen atoms in total. The van der Waals surface area contributed by atoms with Crippen molar-refractivity contribution in [2.75, 3.05) is 6.61 Å². The van der Waals surface area contributed by atoms with Gasteiger partial charge in [0.05, 0.1) is 0 Å². The highest BCUT2D eigenvalue weighted by atomic mass is 16.6. The Morgan fingerprint density at radius 1 is 0.895 bits per heavy atom. The number of ether oxygens (including phenoxy) is 2. The summed E-state index contributed by atoms with van der Waals surface area (Å²) in [6.07, 6.45) is 1.11. The van der Waals surface area contributed by atoms with Crippen molar-refractivity contribution in [1.29, 1.82) is 0 Å². The Labute approximate surface area is 221 Å². The van der Waals surface area contributed by atoms with E-state index in [1.807, 2.05) is 60.7 Å². The fourth-order valence-electron chi connectivity index (χ4n) is 4.98. The molecule has 0 bridgehead atoms. The zero-order valence-electron chi connectivity index (χ0n) is 21.6. The Balaban J connectivity index is 1.33. The van der Waals surface area contributed by atoms with Gasteiger partial charge in [-0.25, -0.2) is 9.59 Å². The summed E-state index contributed by atoms with van der Waals surface area (Å²) in [6, 6.07) is 22.6. The molecule has 2 N–H and O–H groups in total. The Morgan fingerprint density at radius 3 is 2.16 bits per heavy atom. The summed E-state index contributed by atoms with van der Waals surface area (Å²) in [5, 5.41) is 3.54. The molecule has 0 spiro atoms. The lowest BCUT2D eigenvalue weighted by molar-refractivity contribution is -0.163. The first-order valence-electron chi connectivity index (χ1n) is 12.6. The molecule has 5 rings (SSSR count). The molecule has 0 aliphatic heterocycles. The van der Waals surface area contributed by atoms with Crippen molar-refractivity contribution in [2.24, 2.45) is 0 Å². The van der Waals surface area contributed by atoms with E-state index in [-0.39, 0.29) is 18.9 Å². The molecule has 1 atom stereocenters. The van der Waals surface area contributed by atoms with E-state index >= 15 is 0 Å². The molecule has 38 heavy (non-hydrogen) atoms. The molecule has 0 radical (unpaired) electrons. The Morgan fingerprint density at radius 2 is 1.50 bits per heavy atom. The molecular weight excluding hydrogens is 480 g/mol. The maximum absolute atomic E-state index is 13.2. The molecule has 0 unspecified atom stereocenters. The lowest BCUT2D eigenvalue weighted by Crippen LogP contribution is -2.47. The average molecular weight is 511 g/mol. The van der Waals surface area contributed by atoms with E-state index < -0.39 is 29.5 Å². The zero-order valence-corrected chi connectivity index (χ0v) is 21.6. The number of ketones is 1. The number of hydrogen-bond acceptors (Lipinski definition) is 5. The number of carbonyl (C=O) groups is 3. The smallest absolute Gasteiger partial charge is 0.407 e. The summed E-state index contributed by atoms with van der Waals surface area (Å²) in [7, 11) is 0. The standard InChI is InChI=1S/C31H30N2O5/c1-31(2,3)38-29(35)28(34)27(16-19-17-32-26-15-9-8-10-20(19)26)33-30(36)37-18-25-23-13-6-4-11-21(23)22-12-5-7-14-24(22)25/h4-15,17,25,27,32H,16,18H2,1-3H3,(H,33,36)/t27-/m0/s1. The first-order valence-corrected chi connectivity index (χ1v) is 12.6. The van der Waals surface area contributed by atoms with Crippen LogP contribution >= 0.6 is 0 Å². The maximum Gasteiger partial charge on any atom is 0.407 e. The molecule has 0 fully saturated rings. The normalized spacial score (nSPS) is 13.4. The van der Waals surface area contributed by atoms with Gasteiger partial charge in [-0.1, -0.05) is 66.7 Å². The summed E-state index contributed by atoms with van der Waals surface area (Å²) in [5.41, 5.74) is 5.25. The summed E-state index contributed by atoms with van der Waals surface area (Å²) in [4.78, 5) is 42.0. The number of fused-ring (bicyclic) bond motifs is 4. The summed E-state index contributed by atoms with van der Waals surface area (Å²) in [6.45, 7) is 5.16. The predicted molar refractivity (Wildman–Crippen MR) is 145 cm³/mol. The summed E-state index contributed by atoms with van der Waals surface area (Å²) in [5.74, 6) is -1.96. The van der Waals surface area contributed by atoms with E-state index in [9.17, 15) is 14.4 Å². The van der Waals surface area contributed by atoms with Crippen LogP contribution in [0.5, 0.6) is 0 Å². The number of H-pyrrole nitrogens is 1. The number of esters is 1. The van der Waals surface area contributed by atoms with E-state index in [0.29, 0.717) is 0 Å². The van der Waals surface area contributed by atoms with Gasteiger partial charge in [0.25, 0.3) is 5.78 Å². The van der Waals surface area contributed by atoms with Crippen LogP contribution < -0.4 is 5.32 Å². The molecule has 4 aromatic rings. The van der Waals surface area contributed by atoms with E-state index in [0.717, 1.165) is 38.7 Å². The number of para-hydroxylation sites is 1. The van der Waals surface area contributed by atoms with Crippen LogP contribution in [0, 0.1) is 0 Å². The van der Waals surface area contributed by atoms with Gasteiger partial charge < -0.3 is 19.8 Å². The van der Waals surface area contributed by atoms with E-state index in [1.165, 1.54) is 0 Å². The largest absolute Gasteiger partial charge is 0.454 e. The van der Waals surface area contributed by atoms with Crippen LogP contribution in [0.3, 0.4) is 0 Å². The minimum atomic E-state index is -1.15. The first-order chi connectivity index (χ1) is 18.2. The van der Waals surface area contributed by atoms with Crippen LogP contribution in [0.1, 0.15) is 43.4 Å². The molecular formula is C31H30N2O5. The van der Waals surface area contributed by atoms with Crippen LogP contribution in [-0.2, 0) is 25.5 Å². The lowest BCUT2D eigenvalue weighted by atomic mass is 9.98. The van der Waals surface area contributed by atoms with Gasteiger partial charge in [-0.3, -0.25) is 4.79 Å². The second kappa shape index (κ2) is 10.2. The van der Waals surface area contributed by atoms with Gasteiger partial charge >= 0.3 is 12.1 Å². The van der Waals surface area contributed by atoms with E-state index in [4.69, 9.17) is 9.47 Å². The third-order valence-corrected chi connectivity index (χ3v) is 6.65. The Bertz CT molecular complexity index is 1470. The van der Waals surface area contributed by atoms with Crippen molar-refractivity contribution < 1.29 is 23.9 Å². The molecule has 194 valence electrons. The van der Waals surface area contributed by atoms with Crippen molar-refractivity contribution in [3.63, 3.8) is 0 Å². The van der Waals surface area contributed by atoms with Gasteiger partial charge in [-0.15, -0.1) is 0 Å². The van der Waals surface area contributed by atoms with Crippen molar-refractivity contribution in [2.45, 2.75) is 44.8 Å². The number of amides is 1. The quantitative estimate of drug-likeness (QED) is 0.252. The Hall–Kier alpha value is -4.39. The van der Waals surface area contributed by atoms with Crippen LogP contribution in [0.2, 0.25) is 0 Å². The molecule has 1 aromatic heterocycles. The zero-order chi connectivity index (χ0) is 26.9. The number of benzene rings is 3. The van der Waals surface area contributed by atoms with Gasteiger partial charge in [0.2, 0.25) is 0 Å². The molecule has 3 aromatic carbocycles. The number of alkyl carbamates (subject to hydrolysis) is 1. The van der Waals surface area contributed by atoms with Crippen LogP contribution in [0.15, 0.2) is 79.0 Å². The summed E-state index contributed by atoms with van der Waals surface area (Å²) < 4.78 is 10.9. The third kappa shape index (κ3) is 5.18. The second-order valence-corrected chi connectivity index (χ2v) is 10.5. The van der Waals surface area contributed by atoms with E-state index in [2.05, 4.69) is 22.4 Å². The van der Waals surface area contributed by atoms with Gasteiger partial charge in [-0.05, 0) is 54.7 Å². The molecule has 0 saturated carbocycles. The number of hydrogen-bond donors (Lipinski definition) is 2. The van der Waals surface area contributed by atoms with Gasteiger partial charge in [-0.2, -0.15) is 0 Å². The summed E-state index contributed by atoms with van der Waals surface area (Å²) >= 11 is 0. The minimum Gasteiger partial charge on any atom is -0.454 e. The lowest BCUT2D eigenvalue weighted by Gasteiger charge is -2.22. The SMILES string of the molecule is CC(C)(C)OC(=O)C(=O)[C@H](Cc1c[nH]c2ccccc12)NC(=O)OCC1c2ccccc2-c2ccccc21. The second-order valence-electron chi connectivity index (χ2n) is 10.5. The van der Waals surface area contributed by atoms with Crippen LogP contribution in [0.25, 0.3) is 22.0 Å². The highest BCUT2D eigenvalue weighted by Gasteiger charge is 2.33. The molecule has 1 amide bonds. The third-order valence-electron chi connectivity index (χ3n) is 6.65. The monoisotopic (exact) mass is 510 g/mol. The number of aromatic amines is 1. The van der Waals surface area contributed by atoms with Crippen molar-refractivity contribution >= 4 is 28.7 Å². The first kappa shape index (κ1) is 25.3. The van der Waals surface area contributed by atoms with Crippen molar-refractivity contribution in [3.05, 3.63) is 95.7 Å². The highest BCUT2D eigenvalue weighted by molar-refractivity contribution is 6.36. The molecule has 7 heteroatoms. The topological polar surface area (TPSA) is 97.5 Å². The number of nitrogens with one attached hydrogen (secondary N) is 2. The Kier molecular flexibility index (Phi) is 6.76. The highest BCUT2D eigenvalue weighted by Crippen LogP contribution is 2.44. The number of Topliss-reactive ketones (excluding diaryl/α,β-unsaturated/α-hetero) is 1. The predicted octanol–water partition coefficient (Wildman–Crippen LogP) is 5.53. The van der Waals surface area contributed by atoms with Gasteiger partial charge in [0.15, 0.2) is 0 Å². The van der Waals surface area contributed by atoms with Crippen molar-refractivity contribution in [3.8, 4) is 11.1 Å². The van der Waals surface area contributed by atoms with Gasteiger partial charge in [0.1, 0.15) is 18.2 Å².